The van der Waals surface area contributed by atoms with E-state index in [1.807, 2.05) is 30.3 Å². The van der Waals surface area contributed by atoms with Gasteiger partial charge in [0.1, 0.15) is 5.76 Å². The lowest BCUT2D eigenvalue weighted by Crippen LogP contribution is -2.42. The Kier molecular flexibility index (Phi) is 5.36. The molecule has 1 amide bonds. The van der Waals surface area contributed by atoms with Crippen LogP contribution in [-0.2, 0) is 17.9 Å². The molecule has 3 rings (SSSR count). The molecule has 0 spiro atoms. The van der Waals surface area contributed by atoms with E-state index >= 15 is 0 Å². The molecule has 4 nitrogen and oxygen atoms in total. The van der Waals surface area contributed by atoms with Crippen molar-refractivity contribution in [2.45, 2.75) is 25.9 Å². The monoisotopic (exact) mass is 332 g/mol. The molecule has 0 radical (unpaired) electrons. The van der Waals surface area contributed by atoms with Crippen LogP contribution in [0.4, 0.5) is 0 Å². The van der Waals surface area contributed by atoms with Crippen molar-refractivity contribution in [1.29, 1.82) is 0 Å². The van der Waals surface area contributed by atoms with Crippen molar-refractivity contribution in [3.8, 4) is 0 Å². The quantitative estimate of drug-likeness (QED) is 0.912. The fourth-order valence-corrected chi connectivity index (χ4v) is 3.25. The van der Waals surface area contributed by atoms with E-state index in [0.717, 1.165) is 43.3 Å². The fraction of sp³-hybridized carbons (Fsp3) is 0.389. The molecule has 2 aromatic rings. The Balaban J connectivity index is 1.52. The van der Waals surface area contributed by atoms with E-state index in [1.54, 1.807) is 6.26 Å². The Bertz CT molecular complexity index is 642. The van der Waals surface area contributed by atoms with E-state index < -0.39 is 0 Å². The number of hydrogen-bond donors (Lipinski definition) is 1. The normalized spacial score (nSPS) is 18.7. The zero-order chi connectivity index (χ0) is 16.1. The van der Waals surface area contributed by atoms with E-state index in [0.29, 0.717) is 6.54 Å². The maximum Gasteiger partial charge on any atom is 0.224 e. The summed E-state index contributed by atoms with van der Waals surface area (Å²) in [5, 5.41) is 3.72. The maximum atomic E-state index is 12.3. The van der Waals surface area contributed by atoms with Gasteiger partial charge in [-0.1, -0.05) is 23.7 Å². The average Bonchev–Trinajstić information content (AvgIpc) is 3.06. The van der Waals surface area contributed by atoms with Gasteiger partial charge in [-0.15, -0.1) is 0 Å². The molecule has 1 N–H and O–H groups in total. The third-order valence-corrected chi connectivity index (χ3v) is 4.42. The second-order valence-electron chi connectivity index (χ2n) is 6.00. The molecule has 1 aromatic heterocycles. The highest BCUT2D eigenvalue weighted by Crippen LogP contribution is 2.20. The molecule has 0 saturated carbocycles. The highest BCUT2D eigenvalue weighted by molar-refractivity contribution is 6.30. The van der Waals surface area contributed by atoms with E-state index in [4.69, 9.17) is 16.0 Å². The standard InChI is InChI=1S/C18H21ClN2O2/c19-16-6-1-4-14(10-16)12-21-8-2-5-15(13-21)18(22)20-11-17-7-3-9-23-17/h1,3-4,6-7,9-10,15H,2,5,8,11-13H2,(H,20,22). The molecular weight excluding hydrogens is 312 g/mol. The number of nitrogens with zero attached hydrogens (tertiary/aromatic N) is 1. The first kappa shape index (κ1) is 16.1. The van der Waals surface area contributed by atoms with Crippen molar-refractivity contribution in [3.63, 3.8) is 0 Å². The van der Waals surface area contributed by atoms with Crippen molar-refractivity contribution in [3.05, 3.63) is 59.0 Å². The van der Waals surface area contributed by atoms with Crippen molar-refractivity contribution in [1.82, 2.24) is 10.2 Å². The molecule has 1 atom stereocenters. The number of likely N-dealkylation sites (tertiary alicyclic amines) is 1. The van der Waals surface area contributed by atoms with Gasteiger partial charge < -0.3 is 9.73 Å². The van der Waals surface area contributed by atoms with Crippen LogP contribution in [0.2, 0.25) is 5.02 Å². The Morgan fingerprint density at radius 3 is 3.04 bits per heavy atom. The van der Waals surface area contributed by atoms with Crippen molar-refractivity contribution in [2.24, 2.45) is 5.92 Å². The molecule has 2 heterocycles. The number of rotatable bonds is 5. The van der Waals surface area contributed by atoms with Gasteiger partial charge in [-0.2, -0.15) is 0 Å². The third kappa shape index (κ3) is 4.60. The predicted molar refractivity (Wildman–Crippen MR) is 90.0 cm³/mol. The van der Waals surface area contributed by atoms with Gasteiger partial charge >= 0.3 is 0 Å². The summed E-state index contributed by atoms with van der Waals surface area (Å²) in [6.07, 6.45) is 3.60. The van der Waals surface area contributed by atoms with Crippen LogP contribution in [0.3, 0.4) is 0 Å². The van der Waals surface area contributed by atoms with Crippen molar-refractivity contribution in [2.75, 3.05) is 13.1 Å². The van der Waals surface area contributed by atoms with Crippen LogP contribution < -0.4 is 5.32 Å². The first-order valence-electron chi connectivity index (χ1n) is 7.97. The molecular formula is C18H21ClN2O2. The molecule has 5 heteroatoms. The first-order valence-corrected chi connectivity index (χ1v) is 8.35. The van der Waals surface area contributed by atoms with Crippen LogP contribution in [0.25, 0.3) is 0 Å². The Labute approximate surface area is 141 Å². The molecule has 1 aliphatic rings. The molecule has 1 fully saturated rings. The van der Waals surface area contributed by atoms with Gasteiger partial charge in [0.2, 0.25) is 5.91 Å². The highest BCUT2D eigenvalue weighted by atomic mass is 35.5. The topological polar surface area (TPSA) is 45.5 Å². The smallest absolute Gasteiger partial charge is 0.224 e. The molecule has 23 heavy (non-hydrogen) atoms. The molecule has 1 aromatic carbocycles. The van der Waals surface area contributed by atoms with Crippen LogP contribution >= 0.6 is 11.6 Å². The predicted octanol–water partition coefficient (Wildman–Crippen LogP) is 3.46. The summed E-state index contributed by atoms with van der Waals surface area (Å²) in [4.78, 5) is 14.7. The zero-order valence-electron chi connectivity index (χ0n) is 13.0. The number of furan rings is 1. The summed E-state index contributed by atoms with van der Waals surface area (Å²) in [7, 11) is 0. The molecule has 1 saturated heterocycles. The number of nitrogens with one attached hydrogen (secondary N) is 1. The van der Waals surface area contributed by atoms with Crippen LogP contribution in [-0.4, -0.2) is 23.9 Å². The van der Waals surface area contributed by atoms with E-state index in [9.17, 15) is 4.79 Å². The van der Waals surface area contributed by atoms with E-state index in [1.165, 1.54) is 5.56 Å². The second-order valence-corrected chi connectivity index (χ2v) is 6.44. The largest absolute Gasteiger partial charge is 0.467 e. The summed E-state index contributed by atoms with van der Waals surface area (Å²) in [5.74, 6) is 0.931. The number of hydrogen-bond acceptors (Lipinski definition) is 3. The Hall–Kier alpha value is -1.78. The lowest BCUT2D eigenvalue weighted by molar-refractivity contribution is -0.127. The second kappa shape index (κ2) is 7.66. The van der Waals surface area contributed by atoms with Gasteiger partial charge in [0.05, 0.1) is 18.7 Å². The molecule has 1 aliphatic heterocycles. The van der Waals surface area contributed by atoms with E-state index in [2.05, 4.69) is 16.3 Å². The van der Waals surface area contributed by atoms with Gasteiger partial charge in [0.25, 0.3) is 0 Å². The van der Waals surface area contributed by atoms with E-state index in [-0.39, 0.29) is 11.8 Å². The Morgan fingerprint density at radius 2 is 2.26 bits per heavy atom. The minimum absolute atomic E-state index is 0.0397. The lowest BCUT2D eigenvalue weighted by Gasteiger charge is -2.32. The minimum atomic E-state index is 0.0397. The molecule has 1 unspecified atom stereocenters. The van der Waals surface area contributed by atoms with Crippen LogP contribution in [0.1, 0.15) is 24.2 Å². The number of halogens is 1. The van der Waals surface area contributed by atoms with Crippen molar-refractivity contribution < 1.29 is 9.21 Å². The number of piperidine rings is 1. The highest BCUT2D eigenvalue weighted by Gasteiger charge is 2.25. The molecule has 0 bridgehead atoms. The fourth-order valence-electron chi connectivity index (χ4n) is 3.04. The number of carbonyl (C=O) groups is 1. The average molecular weight is 333 g/mol. The maximum absolute atomic E-state index is 12.3. The molecule has 0 aliphatic carbocycles. The summed E-state index contributed by atoms with van der Waals surface area (Å²) >= 11 is 6.04. The first-order chi connectivity index (χ1) is 11.2. The molecule has 122 valence electrons. The number of carbonyl (C=O) groups excluding carboxylic acids is 1. The summed E-state index contributed by atoms with van der Waals surface area (Å²) in [6, 6.07) is 11.6. The van der Waals surface area contributed by atoms with Crippen molar-refractivity contribution >= 4 is 17.5 Å². The lowest BCUT2D eigenvalue weighted by atomic mass is 9.96. The van der Waals surface area contributed by atoms with Crippen LogP contribution in [0.5, 0.6) is 0 Å². The summed E-state index contributed by atoms with van der Waals surface area (Å²) in [5.41, 5.74) is 1.19. The number of benzene rings is 1. The number of amides is 1. The third-order valence-electron chi connectivity index (χ3n) is 4.19. The Morgan fingerprint density at radius 1 is 1.35 bits per heavy atom. The van der Waals surface area contributed by atoms with Gasteiger partial charge in [-0.25, -0.2) is 0 Å². The summed E-state index contributed by atoms with van der Waals surface area (Å²) in [6.45, 7) is 3.10. The van der Waals surface area contributed by atoms with Crippen LogP contribution in [0, 0.1) is 5.92 Å². The SMILES string of the molecule is O=C(NCc1ccco1)C1CCCN(Cc2cccc(Cl)c2)C1. The summed E-state index contributed by atoms with van der Waals surface area (Å²) < 4.78 is 5.24. The van der Waals surface area contributed by atoms with Gasteiger partial charge in [-0.3, -0.25) is 9.69 Å². The minimum Gasteiger partial charge on any atom is -0.467 e. The van der Waals surface area contributed by atoms with Gasteiger partial charge in [-0.05, 0) is 49.2 Å². The van der Waals surface area contributed by atoms with Gasteiger partial charge in [0.15, 0.2) is 0 Å². The zero-order valence-corrected chi connectivity index (χ0v) is 13.8. The van der Waals surface area contributed by atoms with Gasteiger partial charge in [0, 0.05) is 18.1 Å². The van der Waals surface area contributed by atoms with Crippen LogP contribution in [0.15, 0.2) is 47.1 Å².